The van der Waals surface area contributed by atoms with Gasteiger partial charge in [0.15, 0.2) is 0 Å². The number of sulfone groups is 1. The van der Waals surface area contributed by atoms with Crippen LogP contribution < -0.4 is 15.4 Å². The Bertz CT molecular complexity index is 897. The van der Waals surface area contributed by atoms with Gasteiger partial charge >= 0.3 is 11.8 Å². The maximum Gasteiger partial charge on any atom is 0.341 e. The lowest BCUT2D eigenvalue weighted by Crippen LogP contribution is -2.32. The van der Waals surface area contributed by atoms with Crippen LogP contribution in [0, 0.1) is 13.8 Å². The first-order chi connectivity index (χ1) is 12.7. The average Bonchev–Trinajstić information content (AvgIpc) is 2.60. The van der Waals surface area contributed by atoms with Crippen LogP contribution in [-0.2, 0) is 9.84 Å². The van der Waals surface area contributed by atoms with E-state index in [9.17, 15) is 22.0 Å². The van der Waals surface area contributed by atoms with Crippen molar-refractivity contribution in [3.63, 3.8) is 0 Å². The van der Waals surface area contributed by atoms with Crippen LogP contribution in [0.3, 0.4) is 0 Å². The number of alkyl halides is 2. The highest BCUT2D eigenvalue weighted by atomic mass is 32.2. The number of carbonyl (C=O) groups excluding carboxylic acids is 1. The zero-order valence-electron chi connectivity index (χ0n) is 14.8. The summed E-state index contributed by atoms with van der Waals surface area (Å²) in [5, 5.41) is 4.95. The van der Waals surface area contributed by atoms with Crippen molar-refractivity contribution in [2.75, 3.05) is 18.5 Å². The van der Waals surface area contributed by atoms with E-state index in [1.165, 1.54) is 12.1 Å². The molecule has 0 aliphatic carbocycles. The largest absolute Gasteiger partial charge is 0.491 e. The van der Waals surface area contributed by atoms with Crippen LogP contribution in [0.25, 0.3) is 0 Å². The van der Waals surface area contributed by atoms with Gasteiger partial charge in [0.1, 0.15) is 12.4 Å². The lowest BCUT2D eigenvalue weighted by molar-refractivity contribution is 0.235. The highest BCUT2D eigenvalue weighted by Crippen LogP contribution is 2.22. The first kappa shape index (κ1) is 20.6. The van der Waals surface area contributed by atoms with Gasteiger partial charge in [-0.25, -0.2) is 13.2 Å². The van der Waals surface area contributed by atoms with Crippen molar-refractivity contribution in [1.29, 1.82) is 0 Å². The van der Waals surface area contributed by atoms with Crippen molar-refractivity contribution < 1.29 is 26.7 Å². The van der Waals surface area contributed by atoms with Gasteiger partial charge in [0.05, 0.1) is 11.4 Å². The van der Waals surface area contributed by atoms with Gasteiger partial charge in [0, 0.05) is 5.69 Å². The molecular formula is C18H20F2N2O4S. The van der Waals surface area contributed by atoms with Gasteiger partial charge in [-0.3, -0.25) is 0 Å². The minimum absolute atomic E-state index is 0.0879. The summed E-state index contributed by atoms with van der Waals surface area (Å²) in [5.41, 5.74) is 2.05. The number of nitrogens with one attached hydrogen (secondary N) is 2. The van der Waals surface area contributed by atoms with Gasteiger partial charge < -0.3 is 15.4 Å². The van der Waals surface area contributed by atoms with E-state index in [0.29, 0.717) is 0 Å². The molecule has 9 heteroatoms. The lowest BCUT2D eigenvalue weighted by Gasteiger charge is -2.13. The highest BCUT2D eigenvalue weighted by Gasteiger charge is 2.26. The Labute approximate surface area is 156 Å². The molecule has 2 N–H and O–H groups in total. The summed E-state index contributed by atoms with van der Waals surface area (Å²) in [4.78, 5) is 11.3. The summed E-state index contributed by atoms with van der Waals surface area (Å²) < 4.78 is 53.8. The molecule has 2 aromatic rings. The van der Waals surface area contributed by atoms with Crippen LogP contribution in [-0.4, -0.2) is 33.4 Å². The molecule has 2 aromatic carbocycles. The third kappa shape index (κ3) is 5.40. The first-order valence-corrected chi connectivity index (χ1v) is 9.62. The smallest absolute Gasteiger partial charge is 0.341 e. The van der Waals surface area contributed by atoms with Gasteiger partial charge in [0.25, 0.3) is 0 Å². The van der Waals surface area contributed by atoms with E-state index in [2.05, 4.69) is 10.6 Å². The minimum Gasteiger partial charge on any atom is -0.491 e. The van der Waals surface area contributed by atoms with Crippen LogP contribution in [0.4, 0.5) is 19.3 Å². The fraction of sp³-hybridized carbons (Fsp3) is 0.278. The molecule has 0 aliphatic heterocycles. The van der Waals surface area contributed by atoms with Crippen LogP contribution >= 0.6 is 0 Å². The number of urea groups is 1. The molecule has 0 fully saturated rings. The van der Waals surface area contributed by atoms with Crippen LogP contribution in [0.2, 0.25) is 0 Å². The fourth-order valence-electron chi connectivity index (χ4n) is 2.37. The predicted octanol–water partition coefficient (Wildman–Crippen LogP) is 3.50. The van der Waals surface area contributed by atoms with E-state index in [-0.39, 0.29) is 18.8 Å². The Morgan fingerprint density at radius 3 is 2.37 bits per heavy atom. The number of amides is 2. The maximum atomic E-state index is 12.6. The summed E-state index contributed by atoms with van der Waals surface area (Å²) in [6.45, 7) is 4.28. The Morgan fingerprint density at radius 2 is 1.74 bits per heavy atom. The number of ether oxygens (including phenoxy) is 1. The van der Waals surface area contributed by atoms with Gasteiger partial charge in [-0.2, -0.15) is 8.78 Å². The lowest BCUT2D eigenvalue weighted by atomic mass is 10.1. The minimum atomic E-state index is -4.72. The SMILES string of the molecule is Cc1cccc(C)c1OCCNC(=O)Nc1cccc(S(=O)(=O)C(F)F)c1. The molecule has 146 valence electrons. The molecule has 2 rings (SSSR count). The molecule has 0 saturated carbocycles. The number of hydrogen-bond donors (Lipinski definition) is 2. The molecule has 0 saturated heterocycles. The van der Waals surface area contributed by atoms with Crippen LogP contribution in [0.5, 0.6) is 5.75 Å². The molecule has 6 nitrogen and oxygen atoms in total. The second kappa shape index (κ2) is 8.81. The van der Waals surface area contributed by atoms with E-state index < -0.39 is 26.5 Å². The summed E-state index contributed by atoms with van der Waals surface area (Å²) in [7, 11) is -4.72. The number of para-hydroxylation sites is 1. The molecule has 0 aliphatic rings. The summed E-state index contributed by atoms with van der Waals surface area (Å²) >= 11 is 0. The number of benzene rings is 2. The Hall–Kier alpha value is -2.68. The number of rotatable bonds is 7. The molecule has 0 atom stereocenters. The van der Waals surface area contributed by atoms with Crippen LogP contribution in [0.15, 0.2) is 47.4 Å². The molecule has 0 aromatic heterocycles. The number of anilines is 1. The Kier molecular flexibility index (Phi) is 6.73. The zero-order chi connectivity index (χ0) is 20.0. The number of carbonyl (C=O) groups is 1. The van der Waals surface area contributed by atoms with E-state index in [1.54, 1.807) is 0 Å². The molecule has 0 heterocycles. The highest BCUT2D eigenvalue weighted by molar-refractivity contribution is 7.91. The molecule has 0 radical (unpaired) electrons. The zero-order valence-corrected chi connectivity index (χ0v) is 15.6. The normalized spacial score (nSPS) is 11.3. The maximum absolute atomic E-state index is 12.6. The molecule has 0 spiro atoms. The summed E-state index contributed by atoms with van der Waals surface area (Å²) in [6.07, 6.45) is 0. The average molecular weight is 398 g/mol. The predicted molar refractivity (Wildman–Crippen MR) is 98.1 cm³/mol. The summed E-state index contributed by atoms with van der Waals surface area (Å²) in [6, 6.07) is 9.85. The monoisotopic (exact) mass is 398 g/mol. The molecule has 0 unspecified atom stereocenters. The number of aryl methyl sites for hydroxylation is 2. The topological polar surface area (TPSA) is 84.5 Å². The molecular weight excluding hydrogens is 378 g/mol. The molecule has 2 amide bonds. The van der Waals surface area contributed by atoms with E-state index in [4.69, 9.17) is 4.74 Å². The fourth-order valence-corrected chi connectivity index (χ4v) is 3.14. The van der Waals surface area contributed by atoms with Crippen LogP contribution in [0.1, 0.15) is 11.1 Å². The number of halogens is 2. The molecule has 0 bridgehead atoms. The summed E-state index contributed by atoms with van der Waals surface area (Å²) in [5.74, 6) is -2.77. The second-order valence-electron chi connectivity index (χ2n) is 5.78. The Balaban J connectivity index is 1.88. The standard InChI is InChI=1S/C18H20F2N2O4S/c1-12-5-3-6-13(2)16(12)26-10-9-21-18(23)22-14-7-4-8-15(11-14)27(24,25)17(19)20/h3-8,11,17H,9-10H2,1-2H3,(H2,21,22,23). The third-order valence-corrected chi connectivity index (χ3v) is 5.08. The van der Waals surface area contributed by atoms with E-state index >= 15 is 0 Å². The van der Waals surface area contributed by atoms with E-state index in [0.717, 1.165) is 29.0 Å². The third-order valence-electron chi connectivity index (χ3n) is 3.70. The van der Waals surface area contributed by atoms with Crippen molar-refractivity contribution in [3.05, 3.63) is 53.6 Å². The molecule has 27 heavy (non-hydrogen) atoms. The van der Waals surface area contributed by atoms with Gasteiger partial charge in [-0.1, -0.05) is 24.3 Å². The van der Waals surface area contributed by atoms with Gasteiger partial charge in [-0.05, 0) is 43.2 Å². The van der Waals surface area contributed by atoms with Crippen molar-refractivity contribution in [2.24, 2.45) is 0 Å². The van der Waals surface area contributed by atoms with E-state index in [1.807, 2.05) is 32.0 Å². The van der Waals surface area contributed by atoms with Crippen molar-refractivity contribution >= 4 is 21.6 Å². The quantitative estimate of drug-likeness (QED) is 0.699. The van der Waals surface area contributed by atoms with Gasteiger partial charge in [-0.15, -0.1) is 0 Å². The first-order valence-electron chi connectivity index (χ1n) is 8.08. The van der Waals surface area contributed by atoms with Gasteiger partial charge in [0.2, 0.25) is 9.84 Å². The van der Waals surface area contributed by atoms with Crippen molar-refractivity contribution in [1.82, 2.24) is 5.32 Å². The number of hydrogen-bond acceptors (Lipinski definition) is 4. The van der Waals surface area contributed by atoms with Crippen molar-refractivity contribution in [2.45, 2.75) is 24.5 Å². The Morgan fingerprint density at radius 1 is 1.11 bits per heavy atom. The second-order valence-corrected chi connectivity index (χ2v) is 7.70. The van der Waals surface area contributed by atoms with Crippen molar-refractivity contribution in [3.8, 4) is 5.75 Å².